The molecule has 1 aliphatic rings. The van der Waals surface area contributed by atoms with E-state index in [0.29, 0.717) is 55.1 Å². The summed E-state index contributed by atoms with van der Waals surface area (Å²) in [6.45, 7) is 12.8. The lowest BCUT2D eigenvalue weighted by atomic mass is 10.1. The highest BCUT2D eigenvalue weighted by atomic mass is 32.2. The molecule has 43 heavy (non-hydrogen) atoms. The number of nitrogens with zero attached hydrogens (tertiary/aromatic N) is 4. The molecule has 13 heteroatoms. The summed E-state index contributed by atoms with van der Waals surface area (Å²) in [5, 5.41) is 0. The number of carbonyl (C=O) groups is 1. The number of rotatable bonds is 13. The molecule has 1 N–H and O–H groups in total. The zero-order valence-corrected chi connectivity index (χ0v) is 26.5. The number of sulfonamides is 1. The van der Waals surface area contributed by atoms with Crippen molar-refractivity contribution in [3.05, 3.63) is 40.3 Å². The van der Waals surface area contributed by atoms with Crippen molar-refractivity contribution >= 4 is 27.2 Å². The Balaban J connectivity index is 1.59. The molecule has 1 aliphatic heterocycles. The van der Waals surface area contributed by atoms with E-state index in [4.69, 9.17) is 19.2 Å². The van der Waals surface area contributed by atoms with Gasteiger partial charge < -0.3 is 23.8 Å². The van der Waals surface area contributed by atoms with Crippen LogP contribution in [0.15, 0.2) is 34.1 Å². The number of ether oxygens (including phenoxy) is 3. The predicted octanol–water partition coefficient (Wildman–Crippen LogP) is 4.02. The Bertz CT molecular complexity index is 1570. The van der Waals surface area contributed by atoms with E-state index in [1.807, 2.05) is 29.5 Å². The maximum atomic E-state index is 13.8. The molecule has 0 atom stereocenters. The first-order valence-electron chi connectivity index (χ1n) is 15.0. The minimum Gasteiger partial charge on any atom is -0.493 e. The van der Waals surface area contributed by atoms with Crippen LogP contribution in [-0.2, 0) is 32.5 Å². The number of aryl methyl sites for hydroxylation is 2. The van der Waals surface area contributed by atoms with Gasteiger partial charge in [0.1, 0.15) is 23.7 Å². The molecule has 236 valence electrons. The minimum absolute atomic E-state index is 0.0993. The molecule has 0 spiro atoms. The van der Waals surface area contributed by atoms with Gasteiger partial charge in [0.25, 0.3) is 5.56 Å². The van der Waals surface area contributed by atoms with Crippen molar-refractivity contribution in [3.63, 3.8) is 0 Å². The second-order valence-corrected chi connectivity index (χ2v) is 12.8. The number of carbonyl (C=O) groups excluding carboxylic acids is 1. The summed E-state index contributed by atoms with van der Waals surface area (Å²) in [6, 6.07) is 4.72. The molecule has 12 nitrogen and oxygen atoms in total. The number of benzene rings is 1. The topological polar surface area (TPSA) is 136 Å². The summed E-state index contributed by atoms with van der Waals surface area (Å²) in [5.41, 5.74) is 2.25. The molecule has 4 rings (SSSR count). The molecule has 0 bridgehead atoms. The molecule has 2 aromatic heterocycles. The molecule has 3 heterocycles. The highest BCUT2D eigenvalue weighted by molar-refractivity contribution is 7.89. The summed E-state index contributed by atoms with van der Waals surface area (Å²) >= 11 is 0. The van der Waals surface area contributed by atoms with Gasteiger partial charge in [0.15, 0.2) is 0 Å². The van der Waals surface area contributed by atoms with Gasteiger partial charge in [-0.05, 0) is 57.4 Å². The van der Waals surface area contributed by atoms with E-state index in [9.17, 15) is 18.0 Å². The molecular formula is C30H43N5O7S. The standard InChI is InChI=1S/C30H43N5O7S/c1-6-9-22-20-34(8-3)27-26(22)31-28(32-29(27)36)24-19-23(10-11-25(24)40-17-7-2)43(38,39)35-14-12-33(13-15-35)16-18-41-30(37)42-21(4)5/h10-11,19-21H,6-9,12-18H2,1-5H3,(H,31,32,36). The Morgan fingerprint density at radius 2 is 1.81 bits per heavy atom. The third kappa shape index (κ3) is 7.57. The van der Waals surface area contributed by atoms with Crippen LogP contribution >= 0.6 is 0 Å². The van der Waals surface area contributed by atoms with Crippen LogP contribution in [0.2, 0.25) is 0 Å². The van der Waals surface area contributed by atoms with Crippen molar-refractivity contribution in [2.24, 2.45) is 0 Å². The van der Waals surface area contributed by atoms with Crippen molar-refractivity contribution in [2.75, 3.05) is 45.9 Å². The molecule has 1 aromatic carbocycles. The quantitative estimate of drug-likeness (QED) is 0.282. The first-order chi connectivity index (χ1) is 20.6. The molecule has 0 unspecified atom stereocenters. The van der Waals surface area contributed by atoms with E-state index in [1.54, 1.807) is 26.0 Å². The van der Waals surface area contributed by atoms with Crippen LogP contribution in [0.5, 0.6) is 5.75 Å². The van der Waals surface area contributed by atoms with Crippen molar-refractivity contribution in [2.45, 2.75) is 71.4 Å². The second kappa shape index (κ2) is 14.4. The zero-order valence-electron chi connectivity index (χ0n) is 25.7. The van der Waals surface area contributed by atoms with Gasteiger partial charge in [-0.15, -0.1) is 0 Å². The van der Waals surface area contributed by atoms with Gasteiger partial charge in [-0.3, -0.25) is 9.69 Å². The average Bonchev–Trinajstić information content (AvgIpc) is 3.34. The van der Waals surface area contributed by atoms with Crippen molar-refractivity contribution in [3.8, 4) is 17.1 Å². The molecule has 0 saturated carbocycles. The fourth-order valence-corrected chi connectivity index (χ4v) is 6.57. The van der Waals surface area contributed by atoms with Gasteiger partial charge in [-0.2, -0.15) is 4.31 Å². The van der Waals surface area contributed by atoms with E-state index in [0.717, 1.165) is 24.8 Å². The fraction of sp³-hybridized carbons (Fsp3) is 0.567. The van der Waals surface area contributed by atoms with E-state index in [2.05, 4.69) is 11.9 Å². The fourth-order valence-electron chi connectivity index (χ4n) is 5.12. The average molecular weight is 618 g/mol. The van der Waals surface area contributed by atoms with Gasteiger partial charge >= 0.3 is 6.16 Å². The van der Waals surface area contributed by atoms with Crippen LogP contribution in [0.1, 0.15) is 53.0 Å². The number of H-pyrrole nitrogens is 1. The molecular weight excluding hydrogens is 574 g/mol. The number of nitrogens with one attached hydrogen (secondary N) is 1. The monoisotopic (exact) mass is 617 g/mol. The van der Waals surface area contributed by atoms with Crippen LogP contribution in [0.25, 0.3) is 22.4 Å². The number of hydrogen-bond donors (Lipinski definition) is 1. The Hall–Kier alpha value is -3.42. The Kier molecular flexibility index (Phi) is 10.9. The largest absolute Gasteiger partial charge is 0.508 e. The summed E-state index contributed by atoms with van der Waals surface area (Å²) in [6.07, 6.45) is 3.44. The Morgan fingerprint density at radius 3 is 2.47 bits per heavy atom. The summed E-state index contributed by atoms with van der Waals surface area (Å²) in [4.78, 5) is 34.8. The highest BCUT2D eigenvalue weighted by Crippen LogP contribution is 2.33. The lowest BCUT2D eigenvalue weighted by Crippen LogP contribution is -2.49. The molecule has 0 amide bonds. The number of piperazine rings is 1. The van der Waals surface area contributed by atoms with Crippen LogP contribution in [0.3, 0.4) is 0 Å². The molecule has 3 aromatic rings. The van der Waals surface area contributed by atoms with Crippen molar-refractivity contribution in [1.29, 1.82) is 0 Å². The lowest BCUT2D eigenvalue weighted by Gasteiger charge is -2.33. The van der Waals surface area contributed by atoms with Crippen LogP contribution in [0.4, 0.5) is 4.79 Å². The molecule has 0 aliphatic carbocycles. The van der Waals surface area contributed by atoms with Gasteiger partial charge in [0, 0.05) is 45.5 Å². The second-order valence-electron chi connectivity index (χ2n) is 10.8. The number of aromatic amines is 1. The van der Waals surface area contributed by atoms with Crippen LogP contribution in [0, 0.1) is 0 Å². The predicted molar refractivity (Wildman–Crippen MR) is 164 cm³/mol. The number of aromatic nitrogens is 3. The Labute approximate surface area is 253 Å². The smallest absolute Gasteiger partial charge is 0.493 e. The van der Waals surface area contributed by atoms with Gasteiger partial charge in [0.05, 0.1) is 28.7 Å². The van der Waals surface area contributed by atoms with Crippen molar-refractivity contribution < 1.29 is 27.4 Å². The van der Waals surface area contributed by atoms with E-state index in [-0.39, 0.29) is 42.1 Å². The van der Waals surface area contributed by atoms with E-state index < -0.39 is 16.2 Å². The van der Waals surface area contributed by atoms with E-state index >= 15 is 0 Å². The highest BCUT2D eigenvalue weighted by Gasteiger charge is 2.30. The van der Waals surface area contributed by atoms with E-state index in [1.165, 1.54) is 10.4 Å². The third-order valence-corrected chi connectivity index (χ3v) is 9.15. The van der Waals surface area contributed by atoms with Crippen molar-refractivity contribution in [1.82, 2.24) is 23.7 Å². The van der Waals surface area contributed by atoms with Gasteiger partial charge in [-0.25, -0.2) is 18.2 Å². The molecule has 1 saturated heterocycles. The van der Waals surface area contributed by atoms with Gasteiger partial charge in [0.2, 0.25) is 10.0 Å². The maximum Gasteiger partial charge on any atom is 0.508 e. The Morgan fingerprint density at radius 1 is 1.07 bits per heavy atom. The first-order valence-corrected chi connectivity index (χ1v) is 16.5. The number of fused-ring (bicyclic) bond motifs is 1. The maximum absolute atomic E-state index is 13.8. The summed E-state index contributed by atoms with van der Waals surface area (Å²) in [5.74, 6) is 0.726. The summed E-state index contributed by atoms with van der Waals surface area (Å²) in [7, 11) is -3.85. The SMILES string of the molecule is CCCOc1ccc(S(=O)(=O)N2CCN(CCOC(=O)OC(C)C)CC2)cc1-c1nc2c(CCC)cn(CC)c2c(=O)[nH]1. The van der Waals surface area contributed by atoms with Crippen LogP contribution in [-0.4, -0.2) is 90.4 Å². The summed E-state index contributed by atoms with van der Waals surface area (Å²) < 4.78 is 46.9. The zero-order chi connectivity index (χ0) is 31.1. The van der Waals surface area contributed by atoms with Gasteiger partial charge in [-0.1, -0.05) is 20.3 Å². The molecule has 1 fully saturated rings. The van der Waals surface area contributed by atoms with Crippen LogP contribution < -0.4 is 10.3 Å². The normalized spacial score (nSPS) is 14.8. The third-order valence-electron chi connectivity index (χ3n) is 7.25. The number of hydrogen-bond acceptors (Lipinski definition) is 9. The molecule has 0 radical (unpaired) electrons. The minimum atomic E-state index is -3.85. The lowest BCUT2D eigenvalue weighted by molar-refractivity contribution is 0.0271. The first kappa shape index (κ1) is 32.5.